The monoisotopic (exact) mass is 463 g/mol. The van der Waals surface area contributed by atoms with Gasteiger partial charge in [0.05, 0.1) is 11.8 Å². The number of carbonyl (C=O) groups excluding carboxylic acids is 2. The van der Waals surface area contributed by atoms with Crippen LogP contribution in [0.15, 0.2) is 42.1 Å². The lowest BCUT2D eigenvalue weighted by Crippen LogP contribution is -2.34. The van der Waals surface area contributed by atoms with Crippen molar-refractivity contribution in [2.75, 3.05) is 4.90 Å². The largest absolute Gasteiger partial charge is 0.491 e. The minimum absolute atomic E-state index is 0.0135. The van der Waals surface area contributed by atoms with Crippen LogP contribution in [0.2, 0.25) is 0 Å². The maximum absolute atomic E-state index is 13.0. The Balaban J connectivity index is 1.82. The van der Waals surface area contributed by atoms with E-state index in [4.69, 9.17) is 4.74 Å². The normalized spacial score (nSPS) is 20.5. The number of ether oxygens (including phenoxy) is 1. The Hall–Kier alpha value is -2.53. The summed E-state index contributed by atoms with van der Waals surface area (Å²) in [6.45, 7) is 15.1. The summed E-state index contributed by atoms with van der Waals surface area (Å²) in [4.78, 5) is 27.5. The number of thioether (sulfide) groups is 1. The lowest BCUT2D eigenvalue weighted by Gasteiger charge is -2.42. The Morgan fingerprint density at radius 3 is 2.27 bits per heavy atom. The summed E-state index contributed by atoms with van der Waals surface area (Å²) in [7, 11) is 0. The highest BCUT2D eigenvalue weighted by molar-refractivity contribution is 8.27. The van der Waals surface area contributed by atoms with Crippen molar-refractivity contribution in [3.8, 4) is 5.75 Å². The number of aryl methyl sites for hydroxylation is 1. The van der Waals surface area contributed by atoms with Crippen LogP contribution >= 0.6 is 11.8 Å². The molecule has 2 aromatic carbocycles. The summed E-state index contributed by atoms with van der Waals surface area (Å²) in [6.07, 6.45) is 4.06. The Bertz CT molecular complexity index is 1160. The molecule has 33 heavy (non-hydrogen) atoms. The fourth-order valence-electron chi connectivity index (χ4n) is 4.78. The first-order valence-electron chi connectivity index (χ1n) is 11.6. The summed E-state index contributed by atoms with van der Waals surface area (Å²) in [5.74, 6) is 0.740. The van der Waals surface area contributed by atoms with Gasteiger partial charge in [-0.3, -0.25) is 14.5 Å². The van der Waals surface area contributed by atoms with Crippen molar-refractivity contribution >= 4 is 33.9 Å². The van der Waals surface area contributed by atoms with Crippen LogP contribution in [-0.2, 0) is 15.6 Å². The molecule has 0 radical (unpaired) electrons. The third-order valence-corrected chi connectivity index (χ3v) is 7.51. The molecule has 4 rings (SSSR count). The molecular formula is C28H33NO3S. The van der Waals surface area contributed by atoms with Gasteiger partial charge >= 0.3 is 0 Å². The predicted molar refractivity (Wildman–Crippen MR) is 137 cm³/mol. The van der Waals surface area contributed by atoms with Crippen LogP contribution in [0.25, 0.3) is 6.08 Å². The van der Waals surface area contributed by atoms with Crippen LogP contribution < -0.4 is 9.64 Å². The van der Waals surface area contributed by atoms with Gasteiger partial charge in [0.15, 0.2) is 0 Å². The van der Waals surface area contributed by atoms with Crippen molar-refractivity contribution in [1.29, 1.82) is 0 Å². The van der Waals surface area contributed by atoms with E-state index in [0.717, 1.165) is 47.2 Å². The highest BCUT2D eigenvalue weighted by Crippen LogP contribution is 2.49. The van der Waals surface area contributed by atoms with Crippen LogP contribution in [0, 0.1) is 6.92 Å². The Labute approximate surface area is 201 Å². The lowest BCUT2D eigenvalue weighted by atomic mass is 9.63. The third kappa shape index (κ3) is 4.48. The minimum atomic E-state index is -0.253. The van der Waals surface area contributed by atoms with Gasteiger partial charge in [-0.1, -0.05) is 45.9 Å². The number of anilines is 1. The second-order valence-corrected chi connectivity index (χ2v) is 11.6. The highest BCUT2D eigenvalue weighted by atomic mass is 32.2. The van der Waals surface area contributed by atoms with E-state index < -0.39 is 0 Å². The fourth-order valence-corrected chi connectivity index (χ4v) is 5.48. The van der Waals surface area contributed by atoms with E-state index >= 15 is 0 Å². The highest BCUT2D eigenvalue weighted by Gasteiger charge is 2.41. The summed E-state index contributed by atoms with van der Waals surface area (Å²) in [5.41, 5.74) is 5.73. The minimum Gasteiger partial charge on any atom is -0.491 e. The zero-order valence-corrected chi connectivity index (χ0v) is 21.4. The van der Waals surface area contributed by atoms with Crippen molar-refractivity contribution in [3.05, 3.63) is 64.3 Å². The quantitative estimate of drug-likeness (QED) is 0.444. The van der Waals surface area contributed by atoms with Crippen LogP contribution in [0.5, 0.6) is 5.75 Å². The smallest absolute Gasteiger partial charge is 0.298 e. The number of hydrogen-bond donors (Lipinski definition) is 0. The molecular weight excluding hydrogens is 430 g/mol. The number of hydrogen-bond acceptors (Lipinski definition) is 4. The van der Waals surface area contributed by atoms with E-state index in [-0.39, 0.29) is 27.3 Å². The van der Waals surface area contributed by atoms with Crippen molar-refractivity contribution in [3.63, 3.8) is 0 Å². The molecule has 0 aromatic heterocycles. The maximum Gasteiger partial charge on any atom is 0.298 e. The van der Waals surface area contributed by atoms with Crippen molar-refractivity contribution < 1.29 is 14.3 Å². The van der Waals surface area contributed by atoms with Gasteiger partial charge in [0.1, 0.15) is 11.4 Å². The van der Waals surface area contributed by atoms with Crippen LogP contribution in [0.1, 0.15) is 76.6 Å². The molecule has 1 aliphatic carbocycles. The first kappa shape index (κ1) is 23.6. The Morgan fingerprint density at radius 1 is 1.00 bits per heavy atom. The molecule has 5 heteroatoms. The van der Waals surface area contributed by atoms with E-state index in [1.54, 1.807) is 11.0 Å². The summed E-state index contributed by atoms with van der Waals surface area (Å²) in [6, 6.07) is 12.0. The third-order valence-electron chi connectivity index (χ3n) is 6.76. The molecule has 2 aromatic rings. The molecule has 1 amide bonds. The molecule has 174 valence electrons. The first-order valence-corrected chi connectivity index (χ1v) is 12.4. The first-order chi connectivity index (χ1) is 15.4. The second kappa shape index (κ2) is 8.35. The van der Waals surface area contributed by atoms with Gasteiger partial charge in [0.25, 0.3) is 5.24 Å². The fraction of sp³-hybridized carbons (Fsp3) is 0.429. The van der Waals surface area contributed by atoms with Gasteiger partial charge in [-0.15, -0.1) is 0 Å². The topological polar surface area (TPSA) is 46.6 Å². The standard InChI is InChI=1S/C28H33NO3S/c1-17(2)32-20-10-8-9-19(14-20)15-24-25(30)33-26(31)29(24)23-16-22-21(13-18(23)3)27(4,5)11-12-28(22,6)7/h8-10,13-17H,11-12H2,1-7H3. The summed E-state index contributed by atoms with van der Waals surface area (Å²) in [5, 5.41) is -0.483. The predicted octanol–water partition coefficient (Wildman–Crippen LogP) is 7.37. The van der Waals surface area contributed by atoms with Gasteiger partial charge in [0, 0.05) is 11.8 Å². The lowest BCUT2D eigenvalue weighted by molar-refractivity contribution is -0.107. The number of benzene rings is 2. The average molecular weight is 464 g/mol. The zero-order valence-electron chi connectivity index (χ0n) is 20.6. The Morgan fingerprint density at radius 2 is 1.64 bits per heavy atom. The van der Waals surface area contributed by atoms with Crippen molar-refractivity contribution in [2.45, 2.75) is 78.2 Å². The van der Waals surface area contributed by atoms with Crippen molar-refractivity contribution in [2.24, 2.45) is 0 Å². The van der Waals surface area contributed by atoms with E-state index in [1.807, 2.05) is 45.0 Å². The van der Waals surface area contributed by atoms with E-state index in [9.17, 15) is 9.59 Å². The molecule has 0 atom stereocenters. The summed E-state index contributed by atoms with van der Waals surface area (Å²) >= 11 is 0.760. The molecule has 0 saturated carbocycles. The molecule has 0 bridgehead atoms. The van der Waals surface area contributed by atoms with E-state index in [1.165, 1.54) is 11.1 Å². The molecule has 1 fully saturated rings. The van der Waals surface area contributed by atoms with Gasteiger partial charge in [-0.2, -0.15) is 0 Å². The van der Waals surface area contributed by atoms with Crippen molar-refractivity contribution in [1.82, 2.24) is 0 Å². The van der Waals surface area contributed by atoms with Gasteiger partial charge in [-0.05, 0) is 91.0 Å². The van der Waals surface area contributed by atoms with Gasteiger partial charge in [0.2, 0.25) is 5.12 Å². The van der Waals surface area contributed by atoms with Crippen LogP contribution in [-0.4, -0.2) is 16.5 Å². The molecule has 0 unspecified atom stereocenters. The number of fused-ring (bicyclic) bond motifs is 1. The Kier molecular flexibility index (Phi) is 5.98. The molecule has 2 aliphatic rings. The molecule has 0 N–H and O–H groups in total. The SMILES string of the molecule is Cc1cc2c(cc1N1C(=O)SC(=O)C1=Cc1cccc(OC(C)C)c1)C(C)(C)CCC2(C)C. The van der Waals surface area contributed by atoms with E-state index in [2.05, 4.69) is 39.8 Å². The average Bonchev–Trinajstić information content (AvgIpc) is 2.98. The molecule has 1 heterocycles. The van der Waals surface area contributed by atoms with E-state index in [0.29, 0.717) is 5.70 Å². The molecule has 1 saturated heterocycles. The number of rotatable bonds is 4. The number of carbonyl (C=O) groups is 2. The van der Waals surface area contributed by atoms with Crippen LogP contribution in [0.3, 0.4) is 0 Å². The molecule has 4 nitrogen and oxygen atoms in total. The molecule has 1 aliphatic heterocycles. The van der Waals surface area contributed by atoms with Gasteiger partial charge < -0.3 is 4.74 Å². The van der Waals surface area contributed by atoms with Crippen LogP contribution in [0.4, 0.5) is 10.5 Å². The zero-order chi connectivity index (χ0) is 24.1. The number of nitrogens with zero attached hydrogens (tertiary/aromatic N) is 1. The molecule has 0 spiro atoms. The summed E-state index contributed by atoms with van der Waals surface area (Å²) < 4.78 is 5.80. The second-order valence-electron chi connectivity index (χ2n) is 10.7. The maximum atomic E-state index is 13.0. The number of amides is 1. The van der Waals surface area contributed by atoms with Gasteiger partial charge in [-0.25, -0.2) is 0 Å².